The Balaban J connectivity index is 1.96. The monoisotopic (exact) mass is 371 g/mol. The van der Waals surface area contributed by atoms with Crippen molar-refractivity contribution in [2.24, 2.45) is 0 Å². The van der Waals surface area contributed by atoms with Crippen molar-refractivity contribution >= 4 is 27.3 Å². The number of hydrogen-bond acceptors (Lipinski definition) is 7. The summed E-state index contributed by atoms with van der Waals surface area (Å²) in [5.41, 5.74) is 0.605. The summed E-state index contributed by atoms with van der Waals surface area (Å²) in [4.78, 5) is 12.5. The van der Waals surface area contributed by atoms with Gasteiger partial charge in [0.2, 0.25) is 0 Å². The van der Waals surface area contributed by atoms with Crippen LogP contribution in [0.1, 0.15) is 11.5 Å². The summed E-state index contributed by atoms with van der Waals surface area (Å²) in [5, 5.41) is 9.84. The van der Waals surface area contributed by atoms with Gasteiger partial charge in [0.1, 0.15) is 16.3 Å². The second-order valence-electron chi connectivity index (χ2n) is 4.21. The zero-order valence-corrected chi connectivity index (χ0v) is 13.5. The fourth-order valence-corrected chi connectivity index (χ4v) is 3.39. The van der Waals surface area contributed by atoms with Crippen molar-refractivity contribution in [1.82, 2.24) is 14.9 Å². The molecule has 0 aliphatic heterocycles. The summed E-state index contributed by atoms with van der Waals surface area (Å²) in [5.74, 6) is 0.918. The van der Waals surface area contributed by atoms with Gasteiger partial charge in [-0.1, -0.05) is 5.16 Å². The van der Waals surface area contributed by atoms with Crippen molar-refractivity contribution in [3.63, 3.8) is 0 Å². The lowest BCUT2D eigenvalue weighted by Gasteiger charge is -1.98. The van der Waals surface area contributed by atoms with E-state index < -0.39 is 5.76 Å². The van der Waals surface area contributed by atoms with Gasteiger partial charge in [0.15, 0.2) is 5.75 Å². The first-order valence-electron chi connectivity index (χ1n) is 5.90. The number of ether oxygens (including phenoxy) is 1. The molecule has 7 nitrogen and oxygen atoms in total. The van der Waals surface area contributed by atoms with Crippen LogP contribution in [0.15, 0.2) is 29.7 Å². The summed E-state index contributed by atoms with van der Waals surface area (Å²) in [6.07, 6.45) is 0. The summed E-state index contributed by atoms with van der Waals surface area (Å²) < 4.78 is 17.4. The molecule has 0 spiro atoms. The molecular weight excluding hydrogens is 362 g/mol. The van der Waals surface area contributed by atoms with E-state index in [0.29, 0.717) is 22.1 Å². The van der Waals surface area contributed by atoms with E-state index in [9.17, 15) is 4.79 Å². The van der Waals surface area contributed by atoms with Crippen LogP contribution in [0, 0.1) is 6.92 Å². The van der Waals surface area contributed by atoms with Crippen LogP contribution < -0.4 is 10.5 Å². The molecule has 0 aliphatic rings. The van der Waals surface area contributed by atoms with E-state index in [0.717, 1.165) is 4.47 Å². The predicted molar refractivity (Wildman–Crippen MR) is 78.7 cm³/mol. The van der Waals surface area contributed by atoms with Gasteiger partial charge in [-0.3, -0.25) is 0 Å². The van der Waals surface area contributed by atoms with Gasteiger partial charge in [-0.25, -0.2) is 4.79 Å². The molecule has 0 fully saturated rings. The first-order valence-corrected chi connectivity index (χ1v) is 7.57. The van der Waals surface area contributed by atoms with Crippen LogP contribution in [0.3, 0.4) is 0 Å². The Morgan fingerprint density at radius 2 is 2.33 bits per heavy atom. The van der Waals surface area contributed by atoms with Crippen LogP contribution in [-0.2, 0) is 6.54 Å². The van der Waals surface area contributed by atoms with Crippen molar-refractivity contribution in [1.29, 1.82) is 0 Å². The molecule has 3 heterocycles. The quantitative estimate of drug-likeness (QED) is 0.700. The number of methoxy groups -OCH3 is 1. The second-order valence-corrected chi connectivity index (χ2v) is 5.94. The van der Waals surface area contributed by atoms with E-state index in [4.69, 9.17) is 13.7 Å². The smallest absolute Gasteiger partial charge is 0.437 e. The van der Waals surface area contributed by atoms with Gasteiger partial charge in [0.25, 0.3) is 5.89 Å². The summed E-state index contributed by atoms with van der Waals surface area (Å²) >= 11 is 4.74. The van der Waals surface area contributed by atoms with Crippen molar-refractivity contribution in [2.75, 3.05) is 7.11 Å². The number of rotatable bonds is 4. The third kappa shape index (κ3) is 2.66. The minimum atomic E-state index is -0.558. The van der Waals surface area contributed by atoms with Crippen molar-refractivity contribution < 1.29 is 13.7 Å². The molecule has 9 heteroatoms. The summed E-state index contributed by atoms with van der Waals surface area (Å²) in [6.45, 7) is 1.97. The van der Waals surface area contributed by atoms with Crippen molar-refractivity contribution in [3.05, 3.63) is 37.9 Å². The number of halogens is 1. The standard InChI is InChI=1S/C12H10BrN3O4S/c1-6-3-7(15-20-6)4-16-12(17)19-11(14-16)10-9(18-2)8(13)5-21-10/h3,5H,4H2,1-2H3. The molecule has 0 saturated heterocycles. The van der Waals surface area contributed by atoms with Gasteiger partial charge in [-0.2, -0.15) is 4.68 Å². The zero-order valence-electron chi connectivity index (χ0n) is 11.1. The molecule has 0 aromatic carbocycles. The van der Waals surface area contributed by atoms with Crippen LogP contribution in [-0.4, -0.2) is 22.0 Å². The zero-order chi connectivity index (χ0) is 15.0. The van der Waals surface area contributed by atoms with Gasteiger partial charge in [0, 0.05) is 11.4 Å². The molecule has 0 saturated carbocycles. The van der Waals surface area contributed by atoms with E-state index in [1.807, 2.05) is 5.38 Å². The first kappa shape index (κ1) is 14.1. The number of nitrogens with zero attached hydrogens (tertiary/aromatic N) is 3. The highest BCUT2D eigenvalue weighted by Crippen LogP contribution is 2.40. The molecule has 3 aromatic heterocycles. The fraction of sp³-hybridized carbons (Fsp3) is 0.250. The highest BCUT2D eigenvalue weighted by atomic mass is 79.9. The highest BCUT2D eigenvalue weighted by Gasteiger charge is 2.19. The Labute approximate surface area is 131 Å². The molecule has 3 rings (SSSR count). The third-order valence-electron chi connectivity index (χ3n) is 2.70. The average Bonchev–Trinajstić information content (AvgIpc) is 3.11. The molecule has 0 amide bonds. The van der Waals surface area contributed by atoms with Crippen LogP contribution >= 0.6 is 27.3 Å². The van der Waals surface area contributed by atoms with Crippen LogP contribution in [0.2, 0.25) is 0 Å². The fourth-order valence-electron chi connectivity index (χ4n) is 1.81. The molecule has 0 bridgehead atoms. The molecule has 0 aliphatic carbocycles. The van der Waals surface area contributed by atoms with Gasteiger partial charge in [-0.15, -0.1) is 16.4 Å². The minimum absolute atomic E-state index is 0.189. The molecule has 110 valence electrons. The average molecular weight is 372 g/mol. The maximum Gasteiger partial charge on any atom is 0.437 e. The predicted octanol–water partition coefficient (Wildman–Crippen LogP) is 2.68. The van der Waals surface area contributed by atoms with E-state index in [-0.39, 0.29) is 12.4 Å². The molecule has 3 aromatic rings. The number of thiophene rings is 1. The lowest BCUT2D eigenvalue weighted by atomic mass is 10.4. The Morgan fingerprint density at radius 1 is 1.52 bits per heavy atom. The lowest BCUT2D eigenvalue weighted by molar-refractivity contribution is 0.386. The number of hydrogen-bond donors (Lipinski definition) is 0. The molecule has 0 radical (unpaired) electrons. The molecular formula is C12H10BrN3O4S. The molecule has 21 heavy (non-hydrogen) atoms. The van der Waals surface area contributed by atoms with E-state index >= 15 is 0 Å². The van der Waals surface area contributed by atoms with Crippen molar-refractivity contribution in [2.45, 2.75) is 13.5 Å². The normalized spacial score (nSPS) is 11.0. The molecule has 0 atom stereocenters. The van der Waals surface area contributed by atoms with Crippen molar-refractivity contribution in [3.8, 4) is 16.5 Å². The Hall–Kier alpha value is -1.87. The second kappa shape index (κ2) is 5.49. The largest absolute Gasteiger partial charge is 0.494 e. The van der Waals surface area contributed by atoms with Gasteiger partial charge in [0.05, 0.1) is 18.1 Å². The Bertz CT molecular complexity index is 832. The van der Waals surface area contributed by atoms with Crippen LogP contribution in [0.25, 0.3) is 10.8 Å². The number of aromatic nitrogens is 3. The SMILES string of the molecule is COc1c(Br)csc1-c1nn(Cc2cc(C)on2)c(=O)o1. The lowest BCUT2D eigenvalue weighted by Crippen LogP contribution is -2.16. The third-order valence-corrected chi connectivity index (χ3v) is 4.54. The molecule has 0 N–H and O–H groups in total. The van der Waals surface area contributed by atoms with Crippen LogP contribution in [0.5, 0.6) is 5.75 Å². The summed E-state index contributed by atoms with van der Waals surface area (Å²) in [6, 6.07) is 1.74. The topological polar surface area (TPSA) is 83.3 Å². The summed E-state index contributed by atoms with van der Waals surface area (Å²) in [7, 11) is 1.55. The van der Waals surface area contributed by atoms with Gasteiger partial charge >= 0.3 is 5.76 Å². The number of aryl methyl sites for hydroxylation is 1. The molecule has 0 unspecified atom stereocenters. The Kier molecular flexibility index (Phi) is 3.68. The first-order chi connectivity index (χ1) is 10.1. The maximum atomic E-state index is 11.9. The maximum absolute atomic E-state index is 11.9. The van der Waals surface area contributed by atoms with Gasteiger partial charge < -0.3 is 13.7 Å². The van der Waals surface area contributed by atoms with E-state index in [2.05, 4.69) is 26.2 Å². The minimum Gasteiger partial charge on any atom is -0.494 e. The highest BCUT2D eigenvalue weighted by molar-refractivity contribution is 9.10. The van der Waals surface area contributed by atoms with Gasteiger partial charge in [-0.05, 0) is 22.9 Å². The van der Waals surface area contributed by atoms with E-state index in [1.165, 1.54) is 16.0 Å². The van der Waals surface area contributed by atoms with E-state index in [1.54, 1.807) is 20.1 Å². The van der Waals surface area contributed by atoms with Crippen LogP contribution in [0.4, 0.5) is 0 Å². The Morgan fingerprint density at radius 3 is 3.00 bits per heavy atom.